The van der Waals surface area contributed by atoms with E-state index in [9.17, 15) is 4.79 Å². The van der Waals surface area contributed by atoms with Crippen molar-refractivity contribution in [1.29, 1.82) is 5.26 Å². The second kappa shape index (κ2) is 3.81. The highest BCUT2D eigenvalue weighted by atomic mass is 16.1. The van der Waals surface area contributed by atoms with Crippen molar-refractivity contribution in [3.05, 3.63) is 58.4 Å². The SMILES string of the molecule is N#Cc1cccc(-c2cccc(=O)[nH]2)c1. The molecule has 0 aliphatic heterocycles. The lowest BCUT2D eigenvalue weighted by Crippen LogP contribution is -2.03. The number of nitrogens with zero attached hydrogens (tertiary/aromatic N) is 1. The van der Waals surface area contributed by atoms with Gasteiger partial charge in [-0.3, -0.25) is 4.79 Å². The standard InChI is InChI=1S/C12H8N2O/c13-8-9-3-1-4-10(7-9)11-5-2-6-12(15)14-11/h1-7H,(H,14,15). The molecule has 1 heterocycles. The van der Waals surface area contributed by atoms with Crippen molar-refractivity contribution in [1.82, 2.24) is 4.98 Å². The normalized spacial score (nSPS) is 9.53. The number of aromatic amines is 1. The highest BCUT2D eigenvalue weighted by Crippen LogP contribution is 2.16. The number of rotatable bonds is 1. The molecular formula is C12H8N2O. The summed E-state index contributed by atoms with van der Waals surface area (Å²) in [5, 5.41) is 8.74. The Balaban J connectivity index is 2.55. The lowest BCUT2D eigenvalue weighted by molar-refractivity contribution is 1.24. The summed E-state index contributed by atoms with van der Waals surface area (Å²) in [6.45, 7) is 0. The monoisotopic (exact) mass is 196 g/mol. The molecule has 3 nitrogen and oxygen atoms in total. The second-order valence-corrected chi connectivity index (χ2v) is 3.12. The molecule has 0 bridgehead atoms. The second-order valence-electron chi connectivity index (χ2n) is 3.12. The van der Waals surface area contributed by atoms with Gasteiger partial charge in [-0.25, -0.2) is 0 Å². The molecule has 1 aromatic carbocycles. The van der Waals surface area contributed by atoms with E-state index in [1.807, 2.05) is 6.07 Å². The number of nitrogens with one attached hydrogen (secondary N) is 1. The molecular weight excluding hydrogens is 188 g/mol. The maximum Gasteiger partial charge on any atom is 0.248 e. The molecule has 0 saturated carbocycles. The van der Waals surface area contributed by atoms with Crippen molar-refractivity contribution in [2.24, 2.45) is 0 Å². The number of aromatic nitrogens is 1. The van der Waals surface area contributed by atoms with Crippen molar-refractivity contribution in [2.75, 3.05) is 0 Å². The van der Waals surface area contributed by atoms with Gasteiger partial charge in [0.15, 0.2) is 0 Å². The molecule has 72 valence electrons. The molecule has 2 aromatic rings. The third-order valence-electron chi connectivity index (χ3n) is 2.07. The molecule has 2 rings (SSSR count). The molecule has 0 amide bonds. The zero-order chi connectivity index (χ0) is 10.7. The summed E-state index contributed by atoms with van der Waals surface area (Å²) in [6.07, 6.45) is 0. The van der Waals surface area contributed by atoms with Gasteiger partial charge in [-0.2, -0.15) is 5.26 Å². The first-order valence-electron chi connectivity index (χ1n) is 4.49. The fourth-order valence-electron chi connectivity index (χ4n) is 1.37. The minimum Gasteiger partial charge on any atom is -0.322 e. The van der Waals surface area contributed by atoms with E-state index in [1.165, 1.54) is 6.07 Å². The Kier molecular flexibility index (Phi) is 2.34. The number of hydrogen-bond donors (Lipinski definition) is 1. The summed E-state index contributed by atoms with van der Waals surface area (Å²) in [5.74, 6) is 0. The Morgan fingerprint density at radius 2 is 1.93 bits per heavy atom. The van der Waals surface area contributed by atoms with Crippen LogP contribution in [0.2, 0.25) is 0 Å². The Bertz CT molecular complexity index is 578. The van der Waals surface area contributed by atoms with Gasteiger partial charge in [0.05, 0.1) is 11.6 Å². The van der Waals surface area contributed by atoms with Crippen LogP contribution in [0, 0.1) is 11.3 Å². The average molecular weight is 196 g/mol. The third kappa shape index (κ3) is 1.94. The first-order valence-corrected chi connectivity index (χ1v) is 4.49. The van der Waals surface area contributed by atoms with E-state index < -0.39 is 0 Å². The van der Waals surface area contributed by atoms with Crippen molar-refractivity contribution < 1.29 is 0 Å². The highest BCUT2D eigenvalue weighted by molar-refractivity contribution is 5.60. The molecule has 0 aliphatic rings. The summed E-state index contributed by atoms with van der Waals surface area (Å²) >= 11 is 0. The highest BCUT2D eigenvalue weighted by Gasteiger charge is 1.98. The topological polar surface area (TPSA) is 56.6 Å². The molecule has 0 atom stereocenters. The zero-order valence-electron chi connectivity index (χ0n) is 7.90. The van der Waals surface area contributed by atoms with E-state index in [-0.39, 0.29) is 5.56 Å². The van der Waals surface area contributed by atoms with Crippen LogP contribution in [0.15, 0.2) is 47.3 Å². The van der Waals surface area contributed by atoms with Gasteiger partial charge in [0.25, 0.3) is 0 Å². The molecule has 1 N–H and O–H groups in total. The van der Waals surface area contributed by atoms with Crippen LogP contribution in [0.25, 0.3) is 11.3 Å². The number of pyridine rings is 1. The molecule has 3 heteroatoms. The summed E-state index contributed by atoms with van der Waals surface area (Å²) in [5.41, 5.74) is 2.00. The van der Waals surface area contributed by atoms with Crippen molar-refractivity contribution in [3.8, 4) is 17.3 Å². The van der Waals surface area contributed by atoms with E-state index in [0.717, 1.165) is 11.3 Å². The molecule has 0 unspecified atom stereocenters. The summed E-state index contributed by atoms with van der Waals surface area (Å²) in [7, 11) is 0. The summed E-state index contributed by atoms with van der Waals surface area (Å²) in [6, 6.07) is 14.1. The number of H-pyrrole nitrogens is 1. The molecule has 15 heavy (non-hydrogen) atoms. The van der Waals surface area contributed by atoms with Gasteiger partial charge in [-0.15, -0.1) is 0 Å². The van der Waals surface area contributed by atoms with Crippen molar-refractivity contribution >= 4 is 0 Å². The first kappa shape index (κ1) is 9.22. The number of hydrogen-bond acceptors (Lipinski definition) is 2. The molecule has 0 aliphatic carbocycles. The fourth-order valence-corrected chi connectivity index (χ4v) is 1.37. The number of benzene rings is 1. The quantitative estimate of drug-likeness (QED) is 0.757. The van der Waals surface area contributed by atoms with Gasteiger partial charge >= 0.3 is 0 Å². The fraction of sp³-hybridized carbons (Fsp3) is 0. The number of nitriles is 1. The third-order valence-corrected chi connectivity index (χ3v) is 2.07. The Labute approximate surface area is 86.6 Å². The maximum atomic E-state index is 11.1. The lowest BCUT2D eigenvalue weighted by atomic mass is 10.1. The minimum absolute atomic E-state index is 0.144. The van der Waals surface area contributed by atoms with Gasteiger partial charge in [-0.05, 0) is 23.8 Å². The van der Waals surface area contributed by atoms with Gasteiger partial charge in [0, 0.05) is 11.8 Å². The van der Waals surface area contributed by atoms with Gasteiger partial charge in [0.2, 0.25) is 5.56 Å². The molecule has 0 radical (unpaired) electrons. The van der Waals surface area contributed by atoms with Crippen LogP contribution in [0.5, 0.6) is 0 Å². The predicted octanol–water partition coefficient (Wildman–Crippen LogP) is 1.91. The molecule has 1 aromatic heterocycles. The first-order chi connectivity index (χ1) is 7.29. The largest absolute Gasteiger partial charge is 0.322 e. The van der Waals surface area contributed by atoms with Crippen LogP contribution in [-0.2, 0) is 0 Å². The smallest absolute Gasteiger partial charge is 0.248 e. The van der Waals surface area contributed by atoms with Gasteiger partial charge in [0.1, 0.15) is 0 Å². The van der Waals surface area contributed by atoms with Crippen LogP contribution >= 0.6 is 0 Å². The summed E-state index contributed by atoms with van der Waals surface area (Å²) in [4.78, 5) is 13.8. The van der Waals surface area contributed by atoms with Crippen LogP contribution in [-0.4, -0.2) is 4.98 Å². The van der Waals surface area contributed by atoms with E-state index in [2.05, 4.69) is 11.1 Å². The van der Waals surface area contributed by atoms with E-state index in [1.54, 1.807) is 30.3 Å². The minimum atomic E-state index is -0.144. The molecule has 0 fully saturated rings. The molecule has 0 spiro atoms. The van der Waals surface area contributed by atoms with E-state index >= 15 is 0 Å². The van der Waals surface area contributed by atoms with Gasteiger partial charge < -0.3 is 4.98 Å². The van der Waals surface area contributed by atoms with Crippen LogP contribution in [0.4, 0.5) is 0 Å². The Morgan fingerprint density at radius 3 is 2.67 bits per heavy atom. The van der Waals surface area contributed by atoms with E-state index in [0.29, 0.717) is 5.56 Å². The zero-order valence-corrected chi connectivity index (χ0v) is 7.90. The Morgan fingerprint density at radius 1 is 1.13 bits per heavy atom. The average Bonchev–Trinajstić information content (AvgIpc) is 2.29. The van der Waals surface area contributed by atoms with Gasteiger partial charge in [-0.1, -0.05) is 18.2 Å². The van der Waals surface area contributed by atoms with Crippen LogP contribution < -0.4 is 5.56 Å². The predicted molar refractivity (Wildman–Crippen MR) is 57.2 cm³/mol. The Hall–Kier alpha value is -2.34. The van der Waals surface area contributed by atoms with Crippen LogP contribution in [0.3, 0.4) is 0 Å². The maximum absolute atomic E-state index is 11.1. The summed E-state index contributed by atoms with van der Waals surface area (Å²) < 4.78 is 0. The van der Waals surface area contributed by atoms with E-state index in [4.69, 9.17) is 5.26 Å². The lowest BCUT2D eigenvalue weighted by Gasteiger charge is -2.00. The van der Waals surface area contributed by atoms with Crippen molar-refractivity contribution in [3.63, 3.8) is 0 Å². The molecule has 0 saturated heterocycles. The van der Waals surface area contributed by atoms with Crippen molar-refractivity contribution in [2.45, 2.75) is 0 Å². The van der Waals surface area contributed by atoms with Crippen LogP contribution in [0.1, 0.15) is 5.56 Å².